The molecule has 1 aliphatic rings. The highest BCUT2D eigenvalue weighted by atomic mass is 32.1. The van der Waals surface area contributed by atoms with E-state index in [1.807, 2.05) is 25.1 Å². The molecule has 0 radical (unpaired) electrons. The van der Waals surface area contributed by atoms with Gasteiger partial charge in [0.05, 0.1) is 18.2 Å². The van der Waals surface area contributed by atoms with Gasteiger partial charge in [-0.2, -0.15) is 0 Å². The normalized spacial score (nSPS) is 19.1. The van der Waals surface area contributed by atoms with Crippen molar-refractivity contribution in [2.75, 3.05) is 13.2 Å². The number of benzene rings is 1. The third-order valence-electron chi connectivity index (χ3n) is 3.62. The van der Waals surface area contributed by atoms with Gasteiger partial charge >= 0.3 is 0 Å². The first-order valence-corrected chi connectivity index (χ1v) is 7.24. The number of hydrogen-bond acceptors (Lipinski definition) is 3. The maximum absolute atomic E-state index is 11.3. The highest BCUT2D eigenvalue weighted by Gasteiger charge is 2.22. The average Bonchev–Trinajstić information content (AvgIpc) is 2.78. The van der Waals surface area contributed by atoms with Crippen molar-refractivity contribution in [3.63, 3.8) is 0 Å². The van der Waals surface area contributed by atoms with Crippen molar-refractivity contribution in [3.8, 4) is 5.75 Å². The lowest BCUT2D eigenvalue weighted by Gasteiger charge is -2.24. The lowest BCUT2D eigenvalue weighted by molar-refractivity contribution is -0.122. The minimum absolute atomic E-state index is 0.114. The van der Waals surface area contributed by atoms with Crippen molar-refractivity contribution in [1.82, 2.24) is 14.9 Å². The van der Waals surface area contributed by atoms with Gasteiger partial charge in [0, 0.05) is 13.0 Å². The summed E-state index contributed by atoms with van der Waals surface area (Å²) in [6.45, 7) is 3.20. The molecule has 1 saturated heterocycles. The second kappa shape index (κ2) is 5.28. The number of rotatable bonds is 3. The van der Waals surface area contributed by atoms with Gasteiger partial charge in [0.15, 0.2) is 4.77 Å². The number of carbonyl (C=O) groups excluding carboxylic acids is 1. The molecule has 0 aliphatic carbocycles. The standard InChI is InChI=1S/C14H17N3O2S/c1-2-19-11-5-3-4-10-13(11)16-14(20)17(10)9-6-7-12(18)15-8-9/h3-5,9H,2,6-8H2,1H3,(H,15,18)(H,16,20). The number of piperidine rings is 1. The van der Waals surface area contributed by atoms with Crippen LogP contribution in [-0.4, -0.2) is 28.6 Å². The maximum Gasteiger partial charge on any atom is 0.220 e. The third kappa shape index (κ3) is 2.20. The highest BCUT2D eigenvalue weighted by molar-refractivity contribution is 7.71. The number of ether oxygens (including phenoxy) is 1. The Morgan fingerprint density at radius 3 is 3.05 bits per heavy atom. The number of imidazole rings is 1. The Bertz CT molecular complexity index is 694. The van der Waals surface area contributed by atoms with Gasteiger partial charge in [-0.1, -0.05) is 6.07 Å². The van der Waals surface area contributed by atoms with E-state index < -0.39 is 0 Å². The Morgan fingerprint density at radius 2 is 2.35 bits per heavy atom. The smallest absolute Gasteiger partial charge is 0.220 e. The molecule has 1 aromatic carbocycles. The lowest BCUT2D eigenvalue weighted by atomic mass is 10.1. The van der Waals surface area contributed by atoms with Crippen LogP contribution in [0.4, 0.5) is 0 Å². The van der Waals surface area contributed by atoms with E-state index in [9.17, 15) is 4.79 Å². The number of amides is 1. The minimum Gasteiger partial charge on any atom is -0.492 e. The Labute approximate surface area is 121 Å². The van der Waals surface area contributed by atoms with Crippen molar-refractivity contribution in [1.29, 1.82) is 0 Å². The number of aromatic nitrogens is 2. The molecule has 5 nitrogen and oxygen atoms in total. The first-order valence-electron chi connectivity index (χ1n) is 6.83. The molecule has 2 heterocycles. The summed E-state index contributed by atoms with van der Waals surface area (Å²) in [7, 11) is 0. The van der Waals surface area contributed by atoms with E-state index in [1.54, 1.807) is 0 Å². The van der Waals surface area contributed by atoms with E-state index in [-0.39, 0.29) is 11.9 Å². The summed E-state index contributed by atoms with van der Waals surface area (Å²) in [6.07, 6.45) is 1.36. The summed E-state index contributed by atoms with van der Waals surface area (Å²) in [6, 6.07) is 6.13. The molecular weight excluding hydrogens is 274 g/mol. The fraction of sp³-hybridized carbons (Fsp3) is 0.429. The number of fused-ring (bicyclic) bond motifs is 1. The summed E-state index contributed by atoms with van der Waals surface area (Å²) >= 11 is 5.45. The molecule has 1 aromatic heterocycles. The quantitative estimate of drug-likeness (QED) is 0.854. The number of aromatic amines is 1. The van der Waals surface area contributed by atoms with Gasteiger partial charge in [-0.15, -0.1) is 0 Å². The molecule has 3 rings (SSSR count). The molecule has 0 bridgehead atoms. The molecule has 2 N–H and O–H groups in total. The van der Waals surface area contributed by atoms with Crippen molar-refractivity contribution >= 4 is 29.2 Å². The Kier molecular flexibility index (Phi) is 3.48. The van der Waals surface area contributed by atoms with Crippen molar-refractivity contribution in [3.05, 3.63) is 23.0 Å². The van der Waals surface area contributed by atoms with Gasteiger partial charge in [0.1, 0.15) is 11.3 Å². The molecule has 2 aromatic rings. The number of para-hydroxylation sites is 1. The second-order valence-electron chi connectivity index (χ2n) is 4.88. The second-order valence-corrected chi connectivity index (χ2v) is 5.27. The molecule has 0 saturated carbocycles. The van der Waals surface area contributed by atoms with Crippen LogP contribution in [0.5, 0.6) is 5.75 Å². The Balaban J connectivity index is 2.07. The molecule has 20 heavy (non-hydrogen) atoms. The fourth-order valence-corrected chi connectivity index (χ4v) is 3.05. The van der Waals surface area contributed by atoms with Crippen LogP contribution >= 0.6 is 12.2 Å². The summed E-state index contributed by atoms with van der Waals surface area (Å²) in [4.78, 5) is 14.5. The van der Waals surface area contributed by atoms with Gasteiger partial charge in [-0.25, -0.2) is 0 Å². The predicted molar refractivity (Wildman–Crippen MR) is 79.6 cm³/mol. The zero-order chi connectivity index (χ0) is 14.1. The number of H-pyrrole nitrogens is 1. The summed E-state index contributed by atoms with van der Waals surface area (Å²) < 4.78 is 8.40. The minimum atomic E-state index is 0.114. The molecule has 1 aliphatic heterocycles. The van der Waals surface area contributed by atoms with Gasteiger partial charge in [0.2, 0.25) is 5.91 Å². The van der Waals surface area contributed by atoms with Crippen LogP contribution in [0.15, 0.2) is 18.2 Å². The molecule has 1 fully saturated rings. The van der Waals surface area contributed by atoms with Crippen molar-refractivity contribution < 1.29 is 9.53 Å². The molecule has 6 heteroatoms. The largest absolute Gasteiger partial charge is 0.492 e. The van der Waals surface area contributed by atoms with E-state index >= 15 is 0 Å². The lowest BCUT2D eigenvalue weighted by Crippen LogP contribution is -2.36. The van der Waals surface area contributed by atoms with Crippen LogP contribution in [0.25, 0.3) is 11.0 Å². The predicted octanol–water partition coefficient (Wildman–Crippen LogP) is 2.55. The Morgan fingerprint density at radius 1 is 1.50 bits per heavy atom. The monoisotopic (exact) mass is 291 g/mol. The fourth-order valence-electron chi connectivity index (χ4n) is 2.70. The van der Waals surface area contributed by atoms with E-state index in [4.69, 9.17) is 17.0 Å². The van der Waals surface area contributed by atoms with Gasteiger partial charge in [-0.3, -0.25) is 4.79 Å². The van der Waals surface area contributed by atoms with Gasteiger partial charge in [0.25, 0.3) is 0 Å². The van der Waals surface area contributed by atoms with E-state index in [1.165, 1.54) is 0 Å². The number of nitrogens with one attached hydrogen (secondary N) is 2. The number of carbonyl (C=O) groups is 1. The zero-order valence-electron chi connectivity index (χ0n) is 11.3. The van der Waals surface area contributed by atoms with E-state index in [0.29, 0.717) is 24.3 Å². The van der Waals surface area contributed by atoms with Crippen LogP contribution < -0.4 is 10.1 Å². The molecular formula is C14H17N3O2S. The van der Waals surface area contributed by atoms with Gasteiger partial charge < -0.3 is 19.6 Å². The third-order valence-corrected chi connectivity index (χ3v) is 3.92. The number of nitrogens with zero attached hydrogens (tertiary/aromatic N) is 1. The molecule has 106 valence electrons. The molecule has 0 spiro atoms. The topological polar surface area (TPSA) is 59.0 Å². The van der Waals surface area contributed by atoms with Crippen LogP contribution in [0.1, 0.15) is 25.8 Å². The van der Waals surface area contributed by atoms with Crippen LogP contribution in [0.3, 0.4) is 0 Å². The zero-order valence-corrected chi connectivity index (χ0v) is 12.1. The van der Waals surface area contributed by atoms with E-state index in [0.717, 1.165) is 23.2 Å². The first kappa shape index (κ1) is 13.2. The van der Waals surface area contributed by atoms with Crippen LogP contribution in [-0.2, 0) is 4.79 Å². The maximum atomic E-state index is 11.3. The molecule has 1 atom stereocenters. The first-order chi connectivity index (χ1) is 9.70. The summed E-state index contributed by atoms with van der Waals surface area (Å²) in [5.74, 6) is 0.928. The van der Waals surface area contributed by atoms with Crippen LogP contribution in [0.2, 0.25) is 0 Å². The Hall–Kier alpha value is -1.82. The van der Waals surface area contributed by atoms with Gasteiger partial charge in [-0.05, 0) is 37.7 Å². The SMILES string of the molecule is CCOc1cccc2c1[nH]c(=S)n2C1CCC(=O)NC1. The average molecular weight is 291 g/mol. The molecule has 1 amide bonds. The highest BCUT2D eigenvalue weighted by Crippen LogP contribution is 2.29. The van der Waals surface area contributed by atoms with Crippen molar-refractivity contribution in [2.24, 2.45) is 0 Å². The summed E-state index contributed by atoms with van der Waals surface area (Å²) in [5, 5.41) is 2.90. The van der Waals surface area contributed by atoms with Crippen LogP contribution in [0, 0.1) is 4.77 Å². The van der Waals surface area contributed by atoms with Crippen molar-refractivity contribution in [2.45, 2.75) is 25.8 Å². The molecule has 1 unspecified atom stereocenters. The number of hydrogen-bond donors (Lipinski definition) is 2. The van der Waals surface area contributed by atoms with E-state index in [2.05, 4.69) is 14.9 Å². The summed E-state index contributed by atoms with van der Waals surface area (Å²) in [5.41, 5.74) is 1.96.